The Balaban J connectivity index is 1.76. The van der Waals surface area contributed by atoms with E-state index in [4.69, 9.17) is 0 Å². The summed E-state index contributed by atoms with van der Waals surface area (Å²) < 4.78 is 2.14. The number of thioether (sulfide) groups is 1. The van der Waals surface area contributed by atoms with Gasteiger partial charge in [0.15, 0.2) is 5.12 Å². The fourth-order valence-corrected chi connectivity index (χ4v) is 5.21. The van der Waals surface area contributed by atoms with Crippen molar-refractivity contribution in [2.75, 3.05) is 5.75 Å². The van der Waals surface area contributed by atoms with E-state index in [1.807, 2.05) is 42.6 Å². The number of imidazole rings is 1. The summed E-state index contributed by atoms with van der Waals surface area (Å²) in [6, 6.07) is 14.9. The average molecular weight is 536 g/mol. The molecule has 8 heteroatoms. The molecule has 2 aromatic carbocycles. The summed E-state index contributed by atoms with van der Waals surface area (Å²) >= 11 is 1.20. The Kier molecular flexibility index (Phi) is 10.7. The standard InChI is InChI=1S/C30H37N3O4S/c1-5-8-25-16-31-28(17-32-29(35)24(15-20(2)3)19-38-21(4)34)33(25)18-22-11-13-23(14-12-22)26-9-6-7-10-27(26)30(36)37/h6-7,9-14,16,20,24H,5,8,15,17-19H2,1-4H3,(H,32,35)(H,36,37). The van der Waals surface area contributed by atoms with Crippen LogP contribution in [0, 0.1) is 11.8 Å². The second-order valence-corrected chi connectivity index (χ2v) is 11.1. The SMILES string of the molecule is CCCc1cnc(CNC(=O)C(CSC(C)=O)CC(C)C)n1Cc1ccc(-c2ccccc2C(=O)O)cc1. The molecule has 0 spiro atoms. The number of carbonyl (C=O) groups is 3. The number of aromatic carboxylic acids is 1. The van der Waals surface area contributed by atoms with Crippen molar-refractivity contribution in [1.29, 1.82) is 0 Å². The average Bonchev–Trinajstić information content (AvgIpc) is 3.26. The van der Waals surface area contributed by atoms with Crippen molar-refractivity contribution < 1.29 is 19.5 Å². The first-order chi connectivity index (χ1) is 18.2. The Labute approximate surface area is 229 Å². The van der Waals surface area contributed by atoms with Crippen molar-refractivity contribution in [3.05, 3.63) is 77.4 Å². The summed E-state index contributed by atoms with van der Waals surface area (Å²) in [5.41, 5.74) is 3.96. The number of amides is 1. The molecule has 0 radical (unpaired) electrons. The van der Waals surface area contributed by atoms with Crippen molar-refractivity contribution >= 4 is 28.8 Å². The van der Waals surface area contributed by atoms with Crippen LogP contribution in [0.4, 0.5) is 0 Å². The maximum Gasteiger partial charge on any atom is 0.336 e. The Bertz CT molecular complexity index is 1250. The third kappa shape index (κ3) is 8.05. The first-order valence-corrected chi connectivity index (χ1v) is 14.0. The van der Waals surface area contributed by atoms with E-state index in [1.165, 1.54) is 18.7 Å². The van der Waals surface area contributed by atoms with E-state index in [0.29, 0.717) is 30.3 Å². The van der Waals surface area contributed by atoms with E-state index in [1.54, 1.807) is 12.1 Å². The molecule has 1 aromatic heterocycles. The van der Waals surface area contributed by atoms with Crippen LogP contribution in [0.3, 0.4) is 0 Å². The number of carbonyl (C=O) groups excluding carboxylic acids is 2. The molecule has 2 N–H and O–H groups in total. The summed E-state index contributed by atoms with van der Waals surface area (Å²) in [6.07, 6.45) is 4.44. The van der Waals surface area contributed by atoms with Gasteiger partial charge in [-0.05, 0) is 41.5 Å². The van der Waals surface area contributed by atoms with E-state index in [0.717, 1.165) is 41.9 Å². The molecule has 1 heterocycles. The first kappa shape index (κ1) is 29.2. The number of hydrogen-bond acceptors (Lipinski definition) is 5. The zero-order chi connectivity index (χ0) is 27.7. The molecule has 3 rings (SSSR count). The lowest BCUT2D eigenvalue weighted by atomic mass is 9.98. The highest BCUT2D eigenvalue weighted by molar-refractivity contribution is 8.13. The van der Waals surface area contributed by atoms with Gasteiger partial charge >= 0.3 is 5.97 Å². The molecule has 1 amide bonds. The Morgan fingerprint density at radius 1 is 1.08 bits per heavy atom. The molecule has 0 aliphatic rings. The summed E-state index contributed by atoms with van der Waals surface area (Å²) in [6.45, 7) is 8.71. The van der Waals surface area contributed by atoms with Gasteiger partial charge in [-0.2, -0.15) is 0 Å². The zero-order valence-electron chi connectivity index (χ0n) is 22.6. The number of rotatable bonds is 13. The lowest BCUT2D eigenvalue weighted by molar-refractivity contribution is -0.125. The van der Waals surface area contributed by atoms with Gasteiger partial charge in [-0.3, -0.25) is 9.59 Å². The molecule has 3 aromatic rings. The molecule has 0 bridgehead atoms. The highest BCUT2D eigenvalue weighted by Crippen LogP contribution is 2.25. The van der Waals surface area contributed by atoms with Crippen molar-refractivity contribution in [3.8, 4) is 11.1 Å². The van der Waals surface area contributed by atoms with Gasteiger partial charge in [-0.15, -0.1) is 0 Å². The molecule has 38 heavy (non-hydrogen) atoms. The molecular formula is C30H37N3O4S. The zero-order valence-corrected chi connectivity index (χ0v) is 23.4. The van der Waals surface area contributed by atoms with E-state index in [-0.39, 0.29) is 22.5 Å². The molecule has 1 atom stereocenters. The van der Waals surface area contributed by atoms with Gasteiger partial charge in [0, 0.05) is 37.0 Å². The largest absolute Gasteiger partial charge is 0.478 e. The van der Waals surface area contributed by atoms with E-state index in [9.17, 15) is 19.5 Å². The number of benzene rings is 2. The predicted molar refractivity (Wildman–Crippen MR) is 152 cm³/mol. The summed E-state index contributed by atoms with van der Waals surface area (Å²) in [7, 11) is 0. The highest BCUT2D eigenvalue weighted by atomic mass is 32.2. The van der Waals surface area contributed by atoms with Crippen LogP contribution >= 0.6 is 11.8 Å². The van der Waals surface area contributed by atoms with Gasteiger partial charge in [0.1, 0.15) is 5.82 Å². The van der Waals surface area contributed by atoms with Gasteiger partial charge in [0.25, 0.3) is 0 Å². The second-order valence-electron chi connectivity index (χ2n) is 9.90. The van der Waals surface area contributed by atoms with Crippen LogP contribution in [0.1, 0.15) is 68.0 Å². The van der Waals surface area contributed by atoms with E-state index >= 15 is 0 Å². The quantitative estimate of drug-likeness (QED) is 0.287. The summed E-state index contributed by atoms with van der Waals surface area (Å²) in [5.74, 6) is 0.372. The number of aromatic nitrogens is 2. The monoisotopic (exact) mass is 535 g/mol. The minimum atomic E-state index is -0.950. The normalized spacial score (nSPS) is 11.9. The minimum absolute atomic E-state index is 0.0174. The first-order valence-electron chi connectivity index (χ1n) is 13.1. The smallest absolute Gasteiger partial charge is 0.336 e. The highest BCUT2D eigenvalue weighted by Gasteiger charge is 2.21. The van der Waals surface area contributed by atoms with Crippen LogP contribution in [0.15, 0.2) is 54.7 Å². The topological polar surface area (TPSA) is 101 Å². The van der Waals surface area contributed by atoms with Crippen LogP contribution in [-0.4, -0.2) is 37.4 Å². The number of nitrogens with one attached hydrogen (secondary N) is 1. The number of carboxylic acid groups (broad SMARTS) is 1. The van der Waals surface area contributed by atoms with Crippen molar-refractivity contribution in [3.63, 3.8) is 0 Å². The van der Waals surface area contributed by atoms with Gasteiger partial charge in [0.05, 0.1) is 12.1 Å². The molecule has 0 saturated heterocycles. The van der Waals surface area contributed by atoms with Crippen molar-refractivity contribution in [2.24, 2.45) is 11.8 Å². The Morgan fingerprint density at radius 2 is 1.79 bits per heavy atom. The predicted octanol–water partition coefficient (Wildman–Crippen LogP) is 5.81. The molecule has 1 unspecified atom stereocenters. The number of nitrogens with zero attached hydrogens (tertiary/aromatic N) is 2. The van der Waals surface area contributed by atoms with E-state index in [2.05, 4.69) is 35.6 Å². The maximum absolute atomic E-state index is 13.0. The van der Waals surface area contributed by atoms with Gasteiger partial charge in [-0.1, -0.05) is 81.4 Å². The van der Waals surface area contributed by atoms with Gasteiger partial charge in [0.2, 0.25) is 5.91 Å². The molecule has 202 valence electrons. The number of carboxylic acids is 1. The maximum atomic E-state index is 13.0. The number of aryl methyl sites for hydroxylation is 1. The molecular weight excluding hydrogens is 498 g/mol. The van der Waals surface area contributed by atoms with Crippen LogP contribution in [0.5, 0.6) is 0 Å². The Hall–Kier alpha value is -3.39. The number of hydrogen-bond donors (Lipinski definition) is 2. The lowest BCUT2D eigenvalue weighted by Crippen LogP contribution is -2.33. The second kappa shape index (κ2) is 14.0. The molecule has 0 aliphatic heterocycles. The molecule has 0 saturated carbocycles. The van der Waals surface area contributed by atoms with Crippen LogP contribution in [0.2, 0.25) is 0 Å². The third-order valence-electron chi connectivity index (χ3n) is 6.33. The van der Waals surface area contributed by atoms with Gasteiger partial charge < -0.3 is 15.0 Å². The summed E-state index contributed by atoms with van der Waals surface area (Å²) in [4.78, 5) is 40.7. The third-order valence-corrected chi connectivity index (χ3v) is 7.30. The fourth-order valence-electron chi connectivity index (χ4n) is 4.49. The van der Waals surface area contributed by atoms with Gasteiger partial charge in [-0.25, -0.2) is 9.78 Å². The van der Waals surface area contributed by atoms with Crippen molar-refractivity contribution in [1.82, 2.24) is 14.9 Å². The fraction of sp³-hybridized carbons (Fsp3) is 0.400. The van der Waals surface area contributed by atoms with Crippen LogP contribution in [-0.2, 0) is 29.1 Å². The molecule has 0 fully saturated rings. The Morgan fingerprint density at radius 3 is 2.42 bits per heavy atom. The van der Waals surface area contributed by atoms with E-state index < -0.39 is 5.97 Å². The van der Waals surface area contributed by atoms with Crippen LogP contribution < -0.4 is 5.32 Å². The lowest BCUT2D eigenvalue weighted by Gasteiger charge is -2.18. The molecule has 0 aliphatic carbocycles. The minimum Gasteiger partial charge on any atom is -0.478 e. The summed E-state index contributed by atoms with van der Waals surface area (Å²) in [5, 5.41) is 12.6. The molecule has 7 nitrogen and oxygen atoms in total. The van der Waals surface area contributed by atoms with Crippen LogP contribution in [0.25, 0.3) is 11.1 Å². The van der Waals surface area contributed by atoms with Crippen molar-refractivity contribution in [2.45, 2.75) is 60.0 Å².